The zero-order valence-corrected chi connectivity index (χ0v) is 10.8. The summed E-state index contributed by atoms with van der Waals surface area (Å²) in [6, 6.07) is 10.2. The van der Waals surface area contributed by atoms with E-state index in [0.717, 1.165) is 13.0 Å². The van der Waals surface area contributed by atoms with Crippen LogP contribution in [-0.4, -0.2) is 30.2 Å². The van der Waals surface area contributed by atoms with Crippen LogP contribution >= 0.6 is 0 Å². The number of allylic oxidation sites excluding steroid dienone is 1. The highest BCUT2D eigenvalue weighted by atomic mass is 16.3. The minimum Gasteiger partial charge on any atom is -0.394 e. The van der Waals surface area contributed by atoms with E-state index in [1.807, 2.05) is 25.2 Å². The maximum atomic E-state index is 9.49. The molecule has 1 aromatic rings. The summed E-state index contributed by atoms with van der Waals surface area (Å²) in [5.74, 6) is 0. The predicted octanol–water partition coefficient (Wildman–Crippen LogP) is 3.01. The summed E-state index contributed by atoms with van der Waals surface area (Å²) in [5, 5.41) is 9.49. The quantitative estimate of drug-likeness (QED) is 0.732. The Bertz CT molecular complexity index is 321. The lowest BCUT2D eigenvalue weighted by Crippen LogP contribution is -2.27. The molecule has 0 aliphatic rings. The lowest BCUT2D eigenvalue weighted by Gasteiger charge is -2.25. The van der Waals surface area contributed by atoms with Crippen molar-refractivity contribution in [3.8, 4) is 0 Å². The van der Waals surface area contributed by atoms with E-state index in [1.54, 1.807) is 0 Å². The van der Waals surface area contributed by atoms with Crippen LogP contribution in [0.5, 0.6) is 0 Å². The number of hydrogen-bond donors (Lipinski definition) is 1. The molecule has 1 rings (SSSR count). The zero-order valence-electron chi connectivity index (χ0n) is 10.8. The van der Waals surface area contributed by atoms with E-state index < -0.39 is 0 Å². The first kappa shape index (κ1) is 13.9. The van der Waals surface area contributed by atoms with E-state index >= 15 is 0 Å². The zero-order chi connectivity index (χ0) is 12.5. The maximum absolute atomic E-state index is 9.49. The lowest BCUT2D eigenvalue weighted by molar-refractivity contribution is 0.158. The molecular formula is C15H23NO. The van der Waals surface area contributed by atoms with Gasteiger partial charge < -0.3 is 5.11 Å². The van der Waals surface area contributed by atoms with Crippen molar-refractivity contribution >= 4 is 0 Å². The number of unbranched alkanes of at least 4 members (excludes halogenated alkanes) is 1. The van der Waals surface area contributed by atoms with Gasteiger partial charge in [-0.05, 0) is 19.0 Å². The molecular weight excluding hydrogens is 210 g/mol. The van der Waals surface area contributed by atoms with Gasteiger partial charge in [-0.2, -0.15) is 0 Å². The molecule has 0 unspecified atom stereocenters. The monoisotopic (exact) mass is 233 g/mol. The molecule has 0 fully saturated rings. The van der Waals surface area contributed by atoms with Crippen LogP contribution in [0.15, 0.2) is 42.5 Å². The highest BCUT2D eigenvalue weighted by Gasteiger charge is 2.14. The Morgan fingerprint density at radius 1 is 1.24 bits per heavy atom. The number of aliphatic hydroxyl groups is 1. The number of likely N-dealkylation sites (N-methyl/N-ethyl adjacent to an activating group) is 1. The molecule has 1 aromatic carbocycles. The van der Waals surface area contributed by atoms with E-state index in [0.29, 0.717) is 0 Å². The fourth-order valence-electron chi connectivity index (χ4n) is 1.83. The molecule has 0 aliphatic carbocycles. The first-order valence-electron chi connectivity index (χ1n) is 6.30. The van der Waals surface area contributed by atoms with Gasteiger partial charge in [-0.15, -0.1) is 0 Å². The second kappa shape index (κ2) is 8.04. The average molecular weight is 233 g/mol. The topological polar surface area (TPSA) is 23.5 Å². The van der Waals surface area contributed by atoms with Crippen molar-refractivity contribution in [2.75, 3.05) is 20.2 Å². The Hall–Kier alpha value is -1.12. The third-order valence-corrected chi connectivity index (χ3v) is 2.90. The minimum absolute atomic E-state index is 0.0856. The number of benzene rings is 1. The van der Waals surface area contributed by atoms with Gasteiger partial charge in [0.1, 0.15) is 0 Å². The molecule has 0 aliphatic heterocycles. The summed E-state index contributed by atoms with van der Waals surface area (Å²) in [7, 11) is 2.05. The van der Waals surface area contributed by atoms with Gasteiger partial charge in [0, 0.05) is 6.54 Å². The highest BCUT2D eigenvalue weighted by Crippen LogP contribution is 2.18. The molecule has 1 N–H and O–H groups in total. The van der Waals surface area contributed by atoms with Crippen LogP contribution in [0.1, 0.15) is 31.4 Å². The normalized spacial score (nSPS) is 13.4. The van der Waals surface area contributed by atoms with Crippen molar-refractivity contribution < 1.29 is 5.11 Å². The second-order valence-electron chi connectivity index (χ2n) is 4.31. The molecule has 94 valence electrons. The molecule has 0 heterocycles. The summed E-state index contributed by atoms with van der Waals surface area (Å²) in [4.78, 5) is 2.17. The highest BCUT2D eigenvalue weighted by molar-refractivity contribution is 5.19. The fraction of sp³-hybridized carbons (Fsp3) is 0.467. The molecule has 0 spiro atoms. The van der Waals surface area contributed by atoms with Crippen LogP contribution in [0.2, 0.25) is 0 Å². The molecule has 0 amide bonds. The predicted molar refractivity (Wildman–Crippen MR) is 72.9 cm³/mol. The van der Waals surface area contributed by atoms with Crippen molar-refractivity contribution in [3.05, 3.63) is 48.0 Å². The van der Waals surface area contributed by atoms with E-state index in [-0.39, 0.29) is 12.6 Å². The summed E-state index contributed by atoms with van der Waals surface area (Å²) < 4.78 is 0. The standard InChI is InChI=1S/C15H23NO/c1-3-4-5-9-12-16(2)15(13-17)14-10-7-6-8-11-14/h5-11,15,17H,3-4,12-13H2,1-2H3/b9-5-/t15-/m1/s1. The SMILES string of the molecule is CCC/C=C\CN(C)[C@H](CO)c1ccccc1. The van der Waals surface area contributed by atoms with Crippen LogP contribution in [-0.2, 0) is 0 Å². The first-order chi connectivity index (χ1) is 8.29. The van der Waals surface area contributed by atoms with E-state index in [2.05, 4.69) is 36.1 Å². The number of aliphatic hydroxyl groups excluding tert-OH is 1. The van der Waals surface area contributed by atoms with Gasteiger partial charge >= 0.3 is 0 Å². The molecule has 0 saturated carbocycles. The summed E-state index contributed by atoms with van der Waals surface area (Å²) >= 11 is 0. The van der Waals surface area contributed by atoms with Gasteiger partial charge in [0.2, 0.25) is 0 Å². The molecule has 0 bridgehead atoms. The number of nitrogens with zero attached hydrogens (tertiary/aromatic N) is 1. The molecule has 0 saturated heterocycles. The Labute approximate surface area is 105 Å². The Balaban J connectivity index is 2.56. The molecule has 1 atom stereocenters. The van der Waals surface area contributed by atoms with E-state index in [9.17, 15) is 5.11 Å². The Morgan fingerprint density at radius 3 is 2.53 bits per heavy atom. The molecule has 0 radical (unpaired) electrons. The van der Waals surface area contributed by atoms with Crippen molar-refractivity contribution in [3.63, 3.8) is 0 Å². The number of rotatable bonds is 7. The summed E-state index contributed by atoms with van der Waals surface area (Å²) in [5.41, 5.74) is 1.17. The van der Waals surface area contributed by atoms with Crippen molar-refractivity contribution in [2.45, 2.75) is 25.8 Å². The average Bonchev–Trinajstić information content (AvgIpc) is 2.37. The van der Waals surface area contributed by atoms with Crippen molar-refractivity contribution in [2.24, 2.45) is 0 Å². The van der Waals surface area contributed by atoms with Crippen LogP contribution < -0.4 is 0 Å². The maximum Gasteiger partial charge on any atom is 0.0628 e. The van der Waals surface area contributed by atoms with Gasteiger partial charge in [-0.1, -0.05) is 55.8 Å². The summed E-state index contributed by atoms with van der Waals surface area (Å²) in [6.07, 6.45) is 6.69. The van der Waals surface area contributed by atoms with Crippen LogP contribution in [0.25, 0.3) is 0 Å². The van der Waals surface area contributed by atoms with Crippen LogP contribution in [0, 0.1) is 0 Å². The Morgan fingerprint density at radius 2 is 1.94 bits per heavy atom. The Kier molecular flexibility index (Phi) is 6.60. The van der Waals surface area contributed by atoms with Gasteiger partial charge in [-0.25, -0.2) is 0 Å². The molecule has 2 heteroatoms. The van der Waals surface area contributed by atoms with Crippen LogP contribution in [0.4, 0.5) is 0 Å². The van der Waals surface area contributed by atoms with E-state index in [1.165, 1.54) is 12.0 Å². The fourth-order valence-corrected chi connectivity index (χ4v) is 1.83. The second-order valence-corrected chi connectivity index (χ2v) is 4.31. The third kappa shape index (κ3) is 4.72. The van der Waals surface area contributed by atoms with Crippen LogP contribution in [0.3, 0.4) is 0 Å². The van der Waals surface area contributed by atoms with Crippen molar-refractivity contribution in [1.29, 1.82) is 0 Å². The smallest absolute Gasteiger partial charge is 0.0628 e. The largest absolute Gasteiger partial charge is 0.394 e. The van der Waals surface area contributed by atoms with Gasteiger partial charge in [0.25, 0.3) is 0 Å². The third-order valence-electron chi connectivity index (χ3n) is 2.90. The number of hydrogen-bond acceptors (Lipinski definition) is 2. The van der Waals surface area contributed by atoms with Gasteiger partial charge in [0.05, 0.1) is 12.6 Å². The molecule has 0 aromatic heterocycles. The molecule has 2 nitrogen and oxygen atoms in total. The van der Waals surface area contributed by atoms with Crippen molar-refractivity contribution in [1.82, 2.24) is 4.90 Å². The van der Waals surface area contributed by atoms with Gasteiger partial charge in [-0.3, -0.25) is 4.90 Å². The lowest BCUT2D eigenvalue weighted by atomic mass is 10.1. The van der Waals surface area contributed by atoms with Gasteiger partial charge in [0.15, 0.2) is 0 Å². The minimum atomic E-state index is 0.0856. The van der Waals surface area contributed by atoms with E-state index in [4.69, 9.17) is 0 Å². The summed E-state index contributed by atoms with van der Waals surface area (Å²) in [6.45, 7) is 3.21. The first-order valence-corrected chi connectivity index (χ1v) is 6.30. The molecule has 17 heavy (non-hydrogen) atoms.